The van der Waals surface area contributed by atoms with Gasteiger partial charge in [-0.1, -0.05) is 70.9 Å². The SMILES string of the molecule is [N-]=[N+]=Nc1ccc(C=CCCCCC(N)=Cc2ccc(N=[N+]=[N-])cc2)cc1. The first-order chi connectivity index (χ1) is 13.2. The van der Waals surface area contributed by atoms with Gasteiger partial charge in [-0.2, -0.15) is 0 Å². The zero-order valence-electron chi connectivity index (χ0n) is 14.9. The van der Waals surface area contributed by atoms with Crippen LogP contribution >= 0.6 is 0 Å². The Morgan fingerprint density at radius 3 is 1.96 bits per heavy atom. The summed E-state index contributed by atoms with van der Waals surface area (Å²) in [6.07, 6.45) is 10.0. The van der Waals surface area contributed by atoms with E-state index in [0.717, 1.165) is 42.5 Å². The number of hydrogen-bond acceptors (Lipinski definition) is 3. The molecule has 0 unspecified atom stereocenters. The average molecular weight is 359 g/mol. The Bertz CT molecular complexity index is 883. The Morgan fingerprint density at radius 1 is 0.852 bits per heavy atom. The largest absolute Gasteiger partial charge is 0.402 e. The Hall–Kier alpha value is -3.66. The molecule has 0 aliphatic heterocycles. The van der Waals surface area contributed by atoms with E-state index in [1.165, 1.54) is 0 Å². The van der Waals surface area contributed by atoms with E-state index >= 15 is 0 Å². The molecule has 2 rings (SSSR count). The van der Waals surface area contributed by atoms with Crippen molar-refractivity contribution in [1.82, 2.24) is 0 Å². The summed E-state index contributed by atoms with van der Waals surface area (Å²) in [5, 5.41) is 7.09. The van der Waals surface area contributed by atoms with E-state index in [-0.39, 0.29) is 0 Å². The molecule has 0 heterocycles. The standard InChI is InChI=1S/C20H21N7/c21-18(15-17-9-13-20(14-10-17)25-27-23)6-4-2-1-3-5-16-7-11-19(12-8-16)24-26-22/h3,5,7-15H,1-2,4,6,21H2. The first-order valence-electron chi connectivity index (χ1n) is 8.64. The zero-order valence-corrected chi connectivity index (χ0v) is 14.9. The van der Waals surface area contributed by atoms with E-state index in [1.54, 1.807) is 24.3 Å². The molecule has 2 N–H and O–H groups in total. The highest BCUT2D eigenvalue weighted by Crippen LogP contribution is 2.17. The van der Waals surface area contributed by atoms with Crippen LogP contribution in [-0.4, -0.2) is 0 Å². The number of nitrogens with two attached hydrogens (primary N) is 1. The highest BCUT2D eigenvalue weighted by molar-refractivity contribution is 5.55. The van der Waals surface area contributed by atoms with E-state index in [1.807, 2.05) is 30.3 Å². The molecule has 0 spiro atoms. The maximum atomic E-state index is 8.39. The maximum absolute atomic E-state index is 8.39. The molecule has 0 aliphatic rings. The second-order valence-electron chi connectivity index (χ2n) is 5.93. The van der Waals surface area contributed by atoms with Gasteiger partial charge in [0.1, 0.15) is 0 Å². The van der Waals surface area contributed by atoms with Gasteiger partial charge in [-0.25, -0.2) is 0 Å². The summed E-state index contributed by atoms with van der Waals surface area (Å²) in [5.74, 6) is 0. The third kappa shape index (κ3) is 7.40. The lowest BCUT2D eigenvalue weighted by atomic mass is 10.1. The monoisotopic (exact) mass is 359 g/mol. The lowest BCUT2D eigenvalue weighted by Gasteiger charge is -2.02. The lowest BCUT2D eigenvalue weighted by molar-refractivity contribution is 0.741. The van der Waals surface area contributed by atoms with Crippen LogP contribution in [-0.2, 0) is 0 Å². The van der Waals surface area contributed by atoms with Crippen molar-refractivity contribution in [3.63, 3.8) is 0 Å². The van der Waals surface area contributed by atoms with E-state index < -0.39 is 0 Å². The molecule has 2 aromatic carbocycles. The van der Waals surface area contributed by atoms with Gasteiger partial charge in [0.25, 0.3) is 0 Å². The van der Waals surface area contributed by atoms with Gasteiger partial charge in [0.05, 0.1) is 0 Å². The quantitative estimate of drug-likeness (QED) is 0.217. The van der Waals surface area contributed by atoms with Crippen LogP contribution in [0, 0.1) is 0 Å². The number of hydrogen-bond donors (Lipinski definition) is 1. The molecule has 0 radical (unpaired) electrons. The third-order valence-corrected chi connectivity index (χ3v) is 3.86. The normalized spacial score (nSPS) is 11.0. The highest BCUT2D eigenvalue weighted by Gasteiger charge is 1.95. The van der Waals surface area contributed by atoms with Gasteiger partial charge in [0.2, 0.25) is 0 Å². The van der Waals surface area contributed by atoms with Crippen LogP contribution in [0.15, 0.2) is 70.5 Å². The topological polar surface area (TPSA) is 124 Å². The predicted octanol–water partition coefficient (Wildman–Crippen LogP) is 7.14. The molecule has 0 bridgehead atoms. The number of unbranched alkanes of at least 4 members (excludes halogenated alkanes) is 2. The highest BCUT2D eigenvalue weighted by atomic mass is 15.1. The van der Waals surface area contributed by atoms with Crippen molar-refractivity contribution in [2.45, 2.75) is 25.7 Å². The number of azide groups is 2. The fourth-order valence-electron chi connectivity index (χ4n) is 2.49. The van der Waals surface area contributed by atoms with Gasteiger partial charge in [-0.05, 0) is 53.9 Å². The first kappa shape index (κ1) is 19.7. The van der Waals surface area contributed by atoms with Crippen molar-refractivity contribution >= 4 is 23.5 Å². The van der Waals surface area contributed by atoms with Crippen molar-refractivity contribution < 1.29 is 0 Å². The smallest absolute Gasteiger partial charge is 0.0375 e. The van der Waals surface area contributed by atoms with Crippen LogP contribution in [0.2, 0.25) is 0 Å². The molecule has 2 aromatic rings. The van der Waals surface area contributed by atoms with Crippen molar-refractivity contribution in [2.24, 2.45) is 16.0 Å². The minimum Gasteiger partial charge on any atom is -0.402 e. The van der Waals surface area contributed by atoms with Gasteiger partial charge in [-0.3, -0.25) is 0 Å². The summed E-state index contributed by atoms with van der Waals surface area (Å²) in [4.78, 5) is 5.51. The van der Waals surface area contributed by atoms with E-state index in [4.69, 9.17) is 16.8 Å². The second-order valence-corrected chi connectivity index (χ2v) is 5.93. The van der Waals surface area contributed by atoms with Crippen LogP contribution in [0.4, 0.5) is 11.4 Å². The molecule has 136 valence electrons. The van der Waals surface area contributed by atoms with E-state index in [2.05, 4.69) is 32.2 Å². The average Bonchev–Trinajstić information content (AvgIpc) is 2.68. The molecular formula is C20H21N7. The Morgan fingerprint density at radius 2 is 1.41 bits per heavy atom. The summed E-state index contributed by atoms with van der Waals surface area (Å²) in [6, 6.07) is 14.7. The molecule has 27 heavy (non-hydrogen) atoms. The summed E-state index contributed by atoms with van der Waals surface area (Å²) in [6.45, 7) is 0. The van der Waals surface area contributed by atoms with Crippen molar-refractivity contribution in [3.05, 3.63) is 92.3 Å². The summed E-state index contributed by atoms with van der Waals surface area (Å²) in [5.41, 5.74) is 27.0. The minimum absolute atomic E-state index is 0.590. The van der Waals surface area contributed by atoms with Gasteiger partial charge < -0.3 is 5.73 Å². The molecule has 0 atom stereocenters. The van der Waals surface area contributed by atoms with Crippen LogP contribution < -0.4 is 5.73 Å². The number of allylic oxidation sites excluding steroid dienone is 2. The Labute approximate surface area is 158 Å². The summed E-state index contributed by atoms with van der Waals surface area (Å²) < 4.78 is 0. The van der Waals surface area contributed by atoms with Crippen LogP contribution in [0.1, 0.15) is 36.8 Å². The molecule has 0 aliphatic carbocycles. The third-order valence-electron chi connectivity index (χ3n) is 3.86. The predicted molar refractivity (Wildman–Crippen MR) is 110 cm³/mol. The number of rotatable bonds is 9. The van der Waals surface area contributed by atoms with Gasteiger partial charge in [0.15, 0.2) is 0 Å². The fourth-order valence-corrected chi connectivity index (χ4v) is 2.49. The second kappa shape index (κ2) is 11.1. The van der Waals surface area contributed by atoms with Crippen molar-refractivity contribution in [2.75, 3.05) is 0 Å². The maximum Gasteiger partial charge on any atom is 0.0375 e. The first-order valence-corrected chi connectivity index (χ1v) is 8.64. The Kier molecular flexibility index (Phi) is 8.05. The van der Waals surface area contributed by atoms with E-state index in [0.29, 0.717) is 11.4 Å². The number of benzene rings is 2. The fraction of sp³-hybridized carbons (Fsp3) is 0.200. The van der Waals surface area contributed by atoms with Crippen LogP contribution in [0.25, 0.3) is 33.0 Å². The number of nitrogens with zero attached hydrogens (tertiary/aromatic N) is 6. The molecular weight excluding hydrogens is 338 g/mol. The molecule has 7 heteroatoms. The molecule has 0 saturated carbocycles. The van der Waals surface area contributed by atoms with Crippen molar-refractivity contribution in [3.8, 4) is 0 Å². The van der Waals surface area contributed by atoms with Gasteiger partial charge in [-0.15, -0.1) is 0 Å². The Balaban J connectivity index is 1.72. The minimum atomic E-state index is 0.590. The van der Waals surface area contributed by atoms with E-state index in [9.17, 15) is 0 Å². The molecule has 0 amide bonds. The molecule has 0 aromatic heterocycles. The van der Waals surface area contributed by atoms with Gasteiger partial charge in [0, 0.05) is 26.9 Å². The molecule has 0 fully saturated rings. The lowest BCUT2D eigenvalue weighted by Crippen LogP contribution is -1.96. The summed E-state index contributed by atoms with van der Waals surface area (Å²) >= 11 is 0. The molecule has 0 saturated heterocycles. The zero-order chi connectivity index (χ0) is 19.3. The summed E-state index contributed by atoms with van der Waals surface area (Å²) in [7, 11) is 0. The van der Waals surface area contributed by atoms with Crippen LogP contribution in [0.5, 0.6) is 0 Å². The van der Waals surface area contributed by atoms with Crippen molar-refractivity contribution in [1.29, 1.82) is 0 Å². The molecule has 7 nitrogen and oxygen atoms in total. The van der Waals surface area contributed by atoms with Gasteiger partial charge >= 0.3 is 0 Å². The van der Waals surface area contributed by atoms with Crippen LogP contribution in [0.3, 0.4) is 0 Å².